The zero-order valence-corrected chi connectivity index (χ0v) is 25.0. The van der Waals surface area contributed by atoms with Crippen molar-refractivity contribution in [2.24, 2.45) is 16.6 Å². The van der Waals surface area contributed by atoms with E-state index in [1.54, 1.807) is 39.2 Å². The predicted molar refractivity (Wildman–Crippen MR) is 165 cm³/mol. The van der Waals surface area contributed by atoms with Crippen LogP contribution in [-0.2, 0) is 15.7 Å². The molecule has 0 radical (unpaired) electrons. The number of ether oxygens (including phenoxy) is 2. The van der Waals surface area contributed by atoms with E-state index in [0.717, 1.165) is 30.9 Å². The topological polar surface area (TPSA) is 68.9 Å². The third kappa shape index (κ3) is 7.61. The molecule has 1 aromatic carbocycles. The van der Waals surface area contributed by atoms with Crippen molar-refractivity contribution in [2.45, 2.75) is 57.8 Å². The summed E-state index contributed by atoms with van der Waals surface area (Å²) in [6, 6.07) is 3.65. The molecule has 1 saturated heterocycles. The minimum Gasteiger partial charge on any atom is -0.496 e. The van der Waals surface area contributed by atoms with Gasteiger partial charge in [-0.05, 0) is 75.0 Å². The lowest BCUT2D eigenvalue weighted by Gasteiger charge is -2.35. The van der Waals surface area contributed by atoms with Gasteiger partial charge in [-0.3, -0.25) is 0 Å². The number of fused-ring (bicyclic) bond motifs is 1. The van der Waals surface area contributed by atoms with Gasteiger partial charge in [0.05, 0.1) is 31.9 Å². The number of nitrogens with two attached hydrogens (primary N) is 1. The monoisotopic (exact) mass is 581 g/mol. The van der Waals surface area contributed by atoms with Crippen molar-refractivity contribution in [3.63, 3.8) is 0 Å². The first-order chi connectivity index (χ1) is 19.7. The van der Waals surface area contributed by atoms with Gasteiger partial charge in [0.2, 0.25) is 0 Å². The molecule has 0 unspecified atom stereocenters. The van der Waals surface area contributed by atoms with E-state index in [9.17, 15) is 13.2 Å². The van der Waals surface area contributed by atoms with Gasteiger partial charge in [-0.2, -0.15) is 13.2 Å². The summed E-state index contributed by atoms with van der Waals surface area (Å²) < 4.78 is 52.3. The van der Waals surface area contributed by atoms with Crippen molar-refractivity contribution >= 4 is 5.84 Å². The molecule has 1 aliphatic heterocycles. The average Bonchev–Trinajstić information content (AvgIpc) is 3.31. The van der Waals surface area contributed by atoms with Crippen LogP contribution in [0.25, 0.3) is 0 Å². The molecule has 0 spiro atoms. The fourth-order valence-corrected chi connectivity index (χ4v) is 5.53. The number of methoxy groups -OCH3 is 1. The van der Waals surface area contributed by atoms with E-state index in [2.05, 4.69) is 42.7 Å². The maximum Gasteiger partial charge on any atom is 0.416 e. The number of rotatable bonds is 10. The van der Waals surface area contributed by atoms with E-state index in [1.165, 1.54) is 18.6 Å². The molecule has 5 nitrogen and oxygen atoms in total. The summed E-state index contributed by atoms with van der Waals surface area (Å²) in [5.41, 5.74) is 9.85. The van der Waals surface area contributed by atoms with E-state index < -0.39 is 17.8 Å². The minimum atomic E-state index is -4.46. The summed E-state index contributed by atoms with van der Waals surface area (Å²) in [5.74, 6) is 1.17. The third-order valence-corrected chi connectivity index (χ3v) is 7.92. The number of nitrogens with zero attached hydrogens (tertiary/aromatic N) is 1. The number of hydrogen-bond acceptors (Lipinski definition) is 4. The second-order valence-corrected chi connectivity index (χ2v) is 11.0. The van der Waals surface area contributed by atoms with Crippen LogP contribution in [0.5, 0.6) is 0 Å². The molecule has 1 aromatic rings. The van der Waals surface area contributed by atoms with Crippen molar-refractivity contribution in [1.82, 2.24) is 5.32 Å². The predicted octanol–water partition coefficient (Wildman–Crippen LogP) is 7.81. The van der Waals surface area contributed by atoms with Gasteiger partial charge in [-0.15, -0.1) is 0 Å². The number of hydrogen-bond donors (Lipinski definition) is 2. The van der Waals surface area contributed by atoms with E-state index in [0.29, 0.717) is 47.2 Å². The van der Waals surface area contributed by atoms with Crippen LogP contribution in [0, 0.1) is 12.8 Å². The van der Waals surface area contributed by atoms with E-state index >= 15 is 0 Å². The van der Waals surface area contributed by atoms with Gasteiger partial charge in [0.15, 0.2) is 0 Å². The highest BCUT2D eigenvalue weighted by Gasteiger charge is 2.43. The normalized spacial score (nSPS) is 23.5. The Labute approximate surface area is 247 Å². The van der Waals surface area contributed by atoms with Crippen molar-refractivity contribution in [1.29, 1.82) is 0 Å². The number of amidine groups is 1. The Morgan fingerprint density at radius 1 is 1.26 bits per heavy atom. The van der Waals surface area contributed by atoms with E-state index in [1.807, 2.05) is 6.08 Å². The lowest BCUT2D eigenvalue weighted by Crippen LogP contribution is -2.49. The molecule has 226 valence electrons. The Bertz CT molecular complexity index is 1370. The van der Waals surface area contributed by atoms with Crippen LogP contribution >= 0.6 is 0 Å². The van der Waals surface area contributed by atoms with Crippen molar-refractivity contribution in [3.05, 3.63) is 119 Å². The fraction of sp³-hybridized carbons (Fsp3) is 0.382. The van der Waals surface area contributed by atoms with Gasteiger partial charge in [-0.1, -0.05) is 56.2 Å². The Hall–Kier alpha value is -3.62. The van der Waals surface area contributed by atoms with E-state index in [-0.39, 0.29) is 17.0 Å². The average molecular weight is 582 g/mol. The molecule has 0 aromatic heterocycles. The van der Waals surface area contributed by atoms with Crippen LogP contribution in [0.3, 0.4) is 0 Å². The summed E-state index contributed by atoms with van der Waals surface area (Å²) >= 11 is 0. The second-order valence-electron chi connectivity index (χ2n) is 11.0. The maximum absolute atomic E-state index is 13.6. The highest BCUT2D eigenvalue weighted by Crippen LogP contribution is 2.40. The van der Waals surface area contributed by atoms with Crippen LogP contribution in [0.4, 0.5) is 13.2 Å². The number of benzene rings is 1. The lowest BCUT2D eigenvalue weighted by atomic mass is 9.73. The molecule has 2 fully saturated rings. The first-order valence-electron chi connectivity index (χ1n) is 13.9. The van der Waals surface area contributed by atoms with Crippen LogP contribution in [-0.4, -0.2) is 31.7 Å². The molecule has 0 bridgehead atoms. The van der Waals surface area contributed by atoms with Crippen LogP contribution in [0.15, 0.2) is 108 Å². The number of aliphatic imine (C=N–C) groups is 1. The largest absolute Gasteiger partial charge is 0.496 e. The summed E-state index contributed by atoms with van der Waals surface area (Å²) in [6.07, 6.45) is 5.17. The van der Waals surface area contributed by atoms with Crippen molar-refractivity contribution < 1.29 is 22.6 Å². The zero-order chi connectivity index (χ0) is 31.2. The Morgan fingerprint density at radius 3 is 2.57 bits per heavy atom. The third-order valence-electron chi connectivity index (χ3n) is 7.92. The molecule has 3 N–H and O–H groups in total. The first kappa shape index (κ1) is 32.9. The summed E-state index contributed by atoms with van der Waals surface area (Å²) in [5, 5.41) is 3.32. The van der Waals surface area contributed by atoms with Crippen LogP contribution in [0.2, 0.25) is 0 Å². The molecule has 8 heteroatoms. The molecule has 1 saturated carbocycles. The Morgan fingerprint density at radius 2 is 1.98 bits per heavy atom. The van der Waals surface area contributed by atoms with Crippen LogP contribution in [0.1, 0.15) is 55.8 Å². The SMILES string of the molecule is C=CC(=C)C(=C\C(\C=C1\CC[C@]2(N)COC[C@@H]2C1)=C(/C=C)OC)/C(=N\C(=C)C)N[C@H](C)c1cccc(C(F)(F)F)c1C. The Kier molecular flexibility index (Phi) is 10.6. The standard InChI is InChI=1S/C34H42F3N3O2/c1-9-22(5)29(18-26(31(10-2)41-8)16-25-14-15-33(38)20-42-19-27(33)17-25)32(39-21(3)4)40-24(7)28-12-11-13-30(23(28)6)34(35,36)37/h9-13,16,18,24,27H,1-3,5,14-15,17,19-20,38H2,4,6-8H3,(H,39,40)/b25-16-,29-18+,31-26+/t24-,27+,33+/m1/s1. The molecule has 1 aliphatic carbocycles. The summed E-state index contributed by atoms with van der Waals surface area (Å²) in [4.78, 5) is 4.65. The lowest BCUT2D eigenvalue weighted by molar-refractivity contribution is -0.138. The molecule has 0 amide bonds. The van der Waals surface area contributed by atoms with E-state index in [4.69, 9.17) is 15.2 Å². The van der Waals surface area contributed by atoms with Gasteiger partial charge in [0.25, 0.3) is 0 Å². The van der Waals surface area contributed by atoms with Gasteiger partial charge in [0.1, 0.15) is 11.6 Å². The maximum atomic E-state index is 13.6. The Balaban J connectivity index is 2.10. The fourth-order valence-electron chi connectivity index (χ4n) is 5.53. The number of halogens is 3. The smallest absolute Gasteiger partial charge is 0.416 e. The highest BCUT2D eigenvalue weighted by atomic mass is 19.4. The van der Waals surface area contributed by atoms with Crippen molar-refractivity contribution in [2.75, 3.05) is 20.3 Å². The summed E-state index contributed by atoms with van der Waals surface area (Å²) in [7, 11) is 1.57. The molecule has 3 atom stereocenters. The quantitative estimate of drug-likeness (QED) is 0.128. The molecular weight excluding hydrogens is 539 g/mol. The molecule has 42 heavy (non-hydrogen) atoms. The number of nitrogens with one attached hydrogen (secondary N) is 1. The van der Waals surface area contributed by atoms with Crippen molar-refractivity contribution in [3.8, 4) is 0 Å². The minimum absolute atomic E-state index is 0.149. The molecule has 2 aliphatic rings. The van der Waals surface area contributed by atoms with Gasteiger partial charge in [0, 0.05) is 28.3 Å². The second kappa shape index (κ2) is 13.6. The van der Waals surface area contributed by atoms with Gasteiger partial charge >= 0.3 is 6.18 Å². The zero-order valence-electron chi connectivity index (χ0n) is 25.0. The molecule has 1 heterocycles. The highest BCUT2D eigenvalue weighted by molar-refractivity contribution is 6.04. The number of allylic oxidation sites excluding steroid dienone is 7. The molecule has 3 rings (SSSR count). The summed E-state index contributed by atoms with van der Waals surface area (Å²) in [6.45, 7) is 22.2. The first-order valence-corrected chi connectivity index (χ1v) is 13.9. The van der Waals surface area contributed by atoms with Crippen LogP contribution < -0.4 is 11.1 Å². The number of alkyl halides is 3. The molecular formula is C34H42F3N3O2. The van der Waals surface area contributed by atoms with Gasteiger partial charge < -0.3 is 20.5 Å². The van der Waals surface area contributed by atoms with Gasteiger partial charge in [-0.25, -0.2) is 4.99 Å².